The minimum absolute atomic E-state index is 0.150. The minimum atomic E-state index is -0.464. The molecule has 0 bridgehead atoms. The van der Waals surface area contributed by atoms with E-state index >= 15 is 0 Å². The van der Waals surface area contributed by atoms with Crippen LogP contribution in [-0.2, 0) is 4.79 Å². The molecule has 0 fully saturated rings. The lowest BCUT2D eigenvalue weighted by Crippen LogP contribution is -2.30. The highest BCUT2D eigenvalue weighted by Gasteiger charge is 2.11. The zero-order chi connectivity index (χ0) is 15.2. The second kappa shape index (κ2) is 7.22. The summed E-state index contributed by atoms with van der Waals surface area (Å²) in [6, 6.07) is 4.16. The van der Waals surface area contributed by atoms with Gasteiger partial charge < -0.3 is 11.1 Å². The maximum absolute atomic E-state index is 13.5. The van der Waals surface area contributed by atoms with Gasteiger partial charge in [0, 0.05) is 25.2 Å². The molecule has 1 amide bonds. The third kappa shape index (κ3) is 4.86. The number of hydrogen-bond donors (Lipinski definition) is 2. The largest absolute Gasteiger partial charge is 0.399 e. The number of amides is 1. The predicted octanol–water partition coefficient (Wildman–Crippen LogP) is 2.78. The number of benzene rings is 1. The first kappa shape index (κ1) is 15.5. The first-order valence-electron chi connectivity index (χ1n) is 7.27. The molecule has 0 radical (unpaired) electrons. The molecule has 1 aliphatic rings. The predicted molar refractivity (Wildman–Crippen MR) is 83.5 cm³/mol. The van der Waals surface area contributed by atoms with E-state index in [0.29, 0.717) is 12.1 Å². The van der Waals surface area contributed by atoms with E-state index in [1.165, 1.54) is 23.8 Å². The highest BCUT2D eigenvalue weighted by molar-refractivity contribution is 5.91. The second-order valence-corrected chi connectivity index (χ2v) is 5.49. The van der Waals surface area contributed by atoms with Crippen molar-refractivity contribution < 1.29 is 9.18 Å². The van der Waals surface area contributed by atoms with Gasteiger partial charge in [-0.25, -0.2) is 4.39 Å². The van der Waals surface area contributed by atoms with Crippen molar-refractivity contribution in [2.24, 2.45) is 0 Å². The fourth-order valence-corrected chi connectivity index (χ4v) is 2.33. The van der Waals surface area contributed by atoms with Gasteiger partial charge in [0.2, 0.25) is 5.91 Å². The Labute approximate surface area is 124 Å². The summed E-state index contributed by atoms with van der Waals surface area (Å²) in [5, 5.41) is 2.57. The monoisotopic (exact) mass is 291 g/mol. The van der Waals surface area contributed by atoms with Crippen LogP contribution >= 0.6 is 0 Å². The molecule has 1 aliphatic heterocycles. The van der Waals surface area contributed by atoms with Crippen LogP contribution < -0.4 is 11.1 Å². The number of carbonyl (C=O) groups is 1. The number of nitrogens with zero attached hydrogens (tertiary/aromatic N) is 1. The molecule has 0 atom stereocenters. The molecule has 2 rings (SSSR count). The fraction of sp³-hybridized carbons (Fsp3) is 0.438. The lowest BCUT2D eigenvalue weighted by atomic mass is 10.1. The van der Waals surface area contributed by atoms with Crippen LogP contribution in [0.15, 0.2) is 29.8 Å². The van der Waals surface area contributed by atoms with E-state index in [4.69, 9.17) is 5.73 Å². The maximum atomic E-state index is 13.5. The molecule has 1 aromatic rings. The molecule has 4 nitrogen and oxygen atoms in total. The lowest BCUT2D eigenvalue weighted by molar-refractivity contribution is -0.116. The van der Waals surface area contributed by atoms with Gasteiger partial charge in [0.25, 0.3) is 0 Å². The van der Waals surface area contributed by atoms with E-state index in [-0.39, 0.29) is 11.6 Å². The van der Waals surface area contributed by atoms with Crippen LogP contribution in [0.25, 0.3) is 0 Å². The summed E-state index contributed by atoms with van der Waals surface area (Å²) in [6.45, 7) is 5.03. The molecule has 3 N–H and O–H groups in total. The fourth-order valence-electron chi connectivity index (χ4n) is 2.33. The van der Waals surface area contributed by atoms with E-state index in [1.807, 2.05) is 0 Å². The van der Waals surface area contributed by atoms with Crippen LogP contribution in [0.2, 0.25) is 0 Å². The van der Waals surface area contributed by atoms with Gasteiger partial charge in [-0.3, -0.25) is 9.69 Å². The third-order valence-electron chi connectivity index (χ3n) is 3.66. The molecule has 5 heteroatoms. The first-order chi connectivity index (χ1) is 10.0. The van der Waals surface area contributed by atoms with Crippen molar-refractivity contribution in [2.75, 3.05) is 30.7 Å². The molecule has 1 aromatic carbocycles. The zero-order valence-corrected chi connectivity index (χ0v) is 12.4. The normalized spacial score (nSPS) is 15.6. The van der Waals surface area contributed by atoms with Crippen molar-refractivity contribution in [1.82, 2.24) is 4.90 Å². The van der Waals surface area contributed by atoms with Crippen LogP contribution in [0.3, 0.4) is 0 Å². The number of nitrogens with two attached hydrogens (primary N) is 1. The Morgan fingerprint density at radius 2 is 2.29 bits per heavy atom. The summed E-state index contributed by atoms with van der Waals surface area (Å²) >= 11 is 0. The number of halogens is 1. The molecular weight excluding hydrogens is 269 g/mol. The van der Waals surface area contributed by atoms with Crippen molar-refractivity contribution in [2.45, 2.75) is 26.2 Å². The van der Waals surface area contributed by atoms with E-state index in [0.717, 1.165) is 32.5 Å². The van der Waals surface area contributed by atoms with Crippen molar-refractivity contribution in [3.63, 3.8) is 0 Å². The summed E-state index contributed by atoms with van der Waals surface area (Å²) in [5.41, 5.74) is 7.60. The molecule has 114 valence electrons. The minimum Gasteiger partial charge on any atom is -0.399 e. The summed E-state index contributed by atoms with van der Waals surface area (Å²) in [5.74, 6) is -0.641. The Kier molecular flexibility index (Phi) is 5.33. The maximum Gasteiger partial charge on any atom is 0.224 e. The highest BCUT2D eigenvalue weighted by Crippen LogP contribution is 2.18. The number of nitrogens with one attached hydrogen (secondary N) is 1. The number of rotatable bonds is 5. The van der Waals surface area contributed by atoms with E-state index < -0.39 is 5.82 Å². The smallest absolute Gasteiger partial charge is 0.224 e. The topological polar surface area (TPSA) is 58.4 Å². The van der Waals surface area contributed by atoms with E-state index in [1.54, 1.807) is 0 Å². The molecule has 0 spiro atoms. The van der Waals surface area contributed by atoms with E-state index in [2.05, 4.69) is 23.2 Å². The lowest BCUT2D eigenvalue weighted by Gasteiger charge is -2.24. The Bertz CT molecular complexity index is 542. The standard InChI is InChI=1S/C16H22FN3O/c1-12-6-9-20(10-7-12)8-2-3-16(21)19-15-11-13(18)4-5-14(15)17/h4-6,11H,2-3,7-10,18H2,1H3,(H,19,21). The van der Waals surface area contributed by atoms with Crippen LogP contribution in [0.1, 0.15) is 26.2 Å². The van der Waals surface area contributed by atoms with Crippen molar-refractivity contribution in [3.8, 4) is 0 Å². The summed E-state index contributed by atoms with van der Waals surface area (Å²) in [6.07, 6.45) is 4.47. The molecule has 0 aromatic heterocycles. The van der Waals surface area contributed by atoms with Gasteiger partial charge in [0.15, 0.2) is 0 Å². The number of hydrogen-bond acceptors (Lipinski definition) is 3. The second-order valence-electron chi connectivity index (χ2n) is 5.49. The van der Waals surface area contributed by atoms with Gasteiger partial charge in [-0.1, -0.05) is 11.6 Å². The number of nitrogen functional groups attached to an aromatic ring is 1. The average molecular weight is 291 g/mol. The summed E-state index contributed by atoms with van der Waals surface area (Å²) in [4.78, 5) is 14.1. The quantitative estimate of drug-likeness (QED) is 0.648. The highest BCUT2D eigenvalue weighted by atomic mass is 19.1. The molecule has 0 saturated heterocycles. The van der Waals surface area contributed by atoms with Gasteiger partial charge in [-0.2, -0.15) is 0 Å². The van der Waals surface area contributed by atoms with Gasteiger partial charge in [0.05, 0.1) is 5.69 Å². The molecule has 0 aliphatic carbocycles. The van der Waals surface area contributed by atoms with Crippen LogP contribution in [0, 0.1) is 5.82 Å². The van der Waals surface area contributed by atoms with Crippen LogP contribution in [0.5, 0.6) is 0 Å². The van der Waals surface area contributed by atoms with Gasteiger partial charge in [0.1, 0.15) is 5.82 Å². The Morgan fingerprint density at radius 3 is 3.00 bits per heavy atom. The van der Waals surface area contributed by atoms with Crippen molar-refractivity contribution in [1.29, 1.82) is 0 Å². The van der Waals surface area contributed by atoms with Crippen LogP contribution in [-0.4, -0.2) is 30.4 Å². The van der Waals surface area contributed by atoms with E-state index in [9.17, 15) is 9.18 Å². The molecule has 1 heterocycles. The van der Waals surface area contributed by atoms with Crippen molar-refractivity contribution in [3.05, 3.63) is 35.7 Å². The Balaban J connectivity index is 1.74. The Hall–Kier alpha value is -1.88. The molecule has 0 saturated carbocycles. The SMILES string of the molecule is CC1=CCN(CCCC(=O)Nc2cc(N)ccc2F)CC1. The molecule has 0 unspecified atom stereocenters. The third-order valence-corrected chi connectivity index (χ3v) is 3.66. The summed E-state index contributed by atoms with van der Waals surface area (Å²) in [7, 11) is 0. The average Bonchev–Trinajstić information content (AvgIpc) is 2.45. The van der Waals surface area contributed by atoms with Gasteiger partial charge >= 0.3 is 0 Å². The molecular formula is C16H22FN3O. The number of carbonyl (C=O) groups excluding carboxylic acids is 1. The Morgan fingerprint density at radius 1 is 1.48 bits per heavy atom. The number of anilines is 2. The first-order valence-corrected chi connectivity index (χ1v) is 7.27. The van der Waals surface area contributed by atoms with Gasteiger partial charge in [-0.05, 0) is 44.5 Å². The molecule has 21 heavy (non-hydrogen) atoms. The van der Waals surface area contributed by atoms with Crippen LogP contribution in [0.4, 0.5) is 15.8 Å². The summed E-state index contributed by atoms with van der Waals surface area (Å²) < 4.78 is 13.5. The van der Waals surface area contributed by atoms with Crippen molar-refractivity contribution >= 4 is 17.3 Å². The van der Waals surface area contributed by atoms with Gasteiger partial charge in [-0.15, -0.1) is 0 Å². The zero-order valence-electron chi connectivity index (χ0n) is 12.4.